The molecule has 4 aromatic carbocycles. The Hall–Kier alpha value is -3.92. The standard InChI is InChI=1S/C25H20N2O2/c28-25(21-12-5-2-6-13-21)27-26-17-23-22-14-8-7-11-20(22)15-16-24(23)29-18-19-9-3-1-4-10-19/h1-17H,18H2,(H,27,28)/b26-17+. The number of rotatable bonds is 6. The number of hydrogen-bond acceptors (Lipinski definition) is 3. The number of hydrogen-bond donors (Lipinski definition) is 1. The minimum atomic E-state index is -0.256. The highest BCUT2D eigenvalue weighted by Gasteiger charge is 2.08. The second-order valence-corrected chi connectivity index (χ2v) is 6.54. The third-order valence-electron chi connectivity index (χ3n) is 4.56. The average molecular weight is 380 g/mol. The normalized spacial score (nSPS) is 10.9. The van der Waals surface area contributed by atoms with Crippen molar-refractivity contribution in [2.24, 2.45) is 5.10 Å². The fraction of sp³-hybridized carbons (Fsp3) is 0.0400. The smallest absolute Gasteiger partial charge is 0.271 e. The van der Waals surface area contributed by atoms with Gasteiger partial charge in [-0.25, -0.2) is 5.43 Å². The van der Waals surface area contributed by atoms with Crippen molar-refractivity contribution in [3.8, 4) is 5.75 Å². The highest BCUT2D eigenvalue weighted by Crippen LogP contribution is 2.27. The molecule has 0 fully saturated rings. The van der Waals surface area contributed by atoms with Crippen molar-refractivity contribution in [2.75, 3.05) is 0 Å². The first-order valence-electron chi connectivity index (χ1n) is 9.38. The number of nitrogens with zero attached hydrogens (tertiary/aromatic N) is 1. The Balaban J connectivity index is 1.59. The number of fused-ring (bicyclic) bond motifs is 1. The largest absolute Gasteiger partial charge is 0.488 e. The van der Waals surface area contributed by atoms with Crippen LogP contribution in [0.4, 0.5) is 0 Å². The van der Waals surface area contributed by atoms with E-state index in [1.54, 1.807) is 18.3 Å². The van der Waals surface area contributed by atoms with Crippen molar-refractivity contribution in [3.63, 3.8) is 0 Å². The summed E-state index contributed by atoms with van der Waals surface area (Å²) in [7, 11) is 0. The van der Waals surface area contributed by atoms with E-state index >= 15 is 0 Å². The van der Waals surface area contributed by atoms with Crippen LogP contribution in [0.5, 0.6) is 5.75 Å². The van der Waals surface area contributed by atoms with E-state index in [1.807, 2.05) is 84.9 Å². The molecule has 0 radical (unpaired) electrons. The molecule has 0 atom stereocenters. The molecule has 4 aromatic rings. The topological polar surface area (TPSA) is 50.7 Å². The summed E-state index contributed by atoms with van der Waals surface area (Å²) in [6.07, 6.45) is 1.64. The SMILES string of the molecule is O=C(N/N=C/c1c(OCc2ccccc2)ccc2ccccc12)c1ccccc1. The Bertz CT molecular complexity index is 1140. The molecule has 0 unspecified atom stereocenters. The monoisotopic (exact) mass is 380 g/mol. The molecule has 0 spiro atoms. The van der Waals surface area contributed by atoms with Gasteiger partial charge in [-0.15, -0.1) is 0 Å². The number of nitrogens with one attached hydrogen (secondary N) is 1. The van der Waals surface area contributed by atoms with Gasteiger partial charge in [0.25, 0.3) is 5.91 Å². The van der Waals surface area contributed by atoms with Gasteiger partial charge in [0, 0.05) is 11.1 Å². The van der Waals surface area contributed by atoms with Crippen molar-refractivity contribution in [2.45, 2.75) is 6.61 Å². The quantitative estimate of drug-likeness (QED) is 0.370. The van der Waals surface area contributed by atoms with Gasteiger partial charge in [0.15, 0.2) is 0 Å². The molecular weight excluding hydrogens is 360 g/mol. The van der Waals surface area contributed by atoms with E-state index in [0.717, 1.165) is 21.9 Å². The first kappa shape index (κ1) is 18.4. The molecule has 142 valence electrons. The van der Waals surface area contributed by atoms with Gasteiger partial charge in [-0.2, -0.15) is 5.10 Å². The number of hydrazone groups is 1. The van der Waals surface area contributed by atoms with Gasteiger partial charge < -0.3 is 4.74 Å². The maximum absolute atomic E-state index is 12.2. The van der Waals surface area contributed by atoms with Gasteiger partial charge in [0.2, 0.25) is 0 Å². The lowest BCUT2D eigenvalue weighted by Gasteiger charge is -2.12. The molecule has 0 bridgehead atoms. The van der Waals surface area contributed by atoms with Crippen molar-refractivity contribution in [3.05, 3.63) is 114 Å². The molecule has 4 nitrogen and oxygen atoms in total. The van der Waals surface area contributed by atoms with Crippen molar-refractivity contribution >= 4 is 22.9 Å². The van der Waals surface area contributed by atoms with Crippen molar-refractivity contribution in [1.82, 2.24) is 5.43 Å². The summed E-state index contributed by atoms with van der Waals surface area (Å²) in [4.78, 5) is 12.2. The van der Waals surface area contributed by atoms with E-state index in [2.05, 4.69) is 10.5 Å². The van der Waals surface area contributed by atoms with Crippen LogP contribution in [0.3, 0.4) is 0 Å². The molecule has 0 aliphatic heterocycles. The van der Waals surface area contributed by atoms with E-state index in [0.29, 0.717) is 17.9 Å². The van der Waals surface area contributed by atoms with Gasteiger partial charge in [0.1, 0.15) is 12.4 Å². The lowest BCUT2D eigenvalue weighted by atomic mass is 10.0. The summed E-state index contributed by atoms with van der Waals surface area (Å²) in [5.41, 5.74) is 5.06. The fourth-order valence-corrected chi connectivity index (χ4v) is 3.08. The second kappa shape index (κ2) is 8.85. The Kier molecular flexibility index (Phi) is 5.63. The summed E-state index contributed by atoms with van der Waals surface area (Å²) in [6.45, 7) is 0.455. The highest BCUT2D eigenvalue weighted by molar-refractivity contribution is 6.03. The summed E-state index contributed by atoms with van der Waals surface area (Å²) in [5, 5.41) is 6.27. The lowest BCUT2D eigenvalue weighted by Crippen LogP contribution is -2.17. The molecular formula is C25H20N2O2. The van der Waals surface area contributed by atoms with Crippen LogP contribution < -0.4 is 10.2 Å². The average Bonchev–Trinajstić information content (AvgIpc) is 2.79. The Morgan fingerprint density at radius 1 is 0.828 bits per heavy atom. The summed E-state index contributed by atoms with van der Waals surface area (Å²) < 4.78 is 6.07. The lowest BCUT2D eigenvalue weighted by molar-refractivity contribution is 0.0955. The fourth-order valence-electron chi connectivity index (χ4n) is 3.08. The Morgan fingerprint density at radius 3 is 2.31 bits per heavy atom. The summed E-state index contributed by atoms with van der Waals surface area (Å²) in [5.74, 6) is 0.458. The molecule has 1 amide bonds. The summed E-state index contributed by atoms with van der Waals surface area (Å²) in [6, 6.07) is 31.0. The van der Waals surface area contributed by atoms with Crippen LogP contribution in [0.25, 0.3) is 10.8 Å². The molecule has 0 aliphatic carbocycles. The van der Waals surface area contributed by atoms with Crippen LogP contribution in [-0.2, 0) is 6.61 Å². The molecule has 0 saturated heterocycles. The number of carbonyl (C=O) groups is 1. The molecule has 4 rings (SSSR count). The van der Waals surface area contributed by atoms with Crippen LogP contribution in [0.2, 0.25) is 0 Å². The first-order chi connectivity index (χ1) is 14.3. The first-order valence-corrected chi connectivity index (χ1v) is 9.38. The van der Waals surface area contributed by atoms with E-state index in [-0.39, 0.29) is 5.91 Å². The van der Waals surface area contributed by atoms with E-state index < -0.39 is 0 Å². The van der Waals surface area contributed by atoms with Crippen molar-refractivity contribution < 1.29 is 9.53 Å². The van der Waals surface area contributed by atoms with Gasteiger partial charge in [0.05, 0.1) is 6.21 Å². The molecule has 0 heterocycles. The molecule has 0 saturated carbocycles. The van der Waals surface area contributed by atoms with Gasteiger partial charge >= 0.3 is 0 Å². The van der Waals surface area contributed by atoms with Gasteiger partial charge in [-0.3, -0.25) is 4.79 Å². The zero-order valence-electron chi connectivity index (χ0n) is 15.8. The predicted octanol–water partition coefficient (Wildman–Crippen LogP) is 5.18. The highest BCUT2D eigenvalue weighted by atomic mass is 16.5. The maximum Gasteiger partial charge on any atom is 0.271 e. The van der Waals surface area contributed by atoms with Crippen LogP contribution in [0, 0.1) is 0 Å². The van der Waals surface area contributed by atoms with Crippen LogP contribution in [0.15, 0.2) is 102 Å². The van der Waals surface area contributed by atoms with Crippen LogP contribution in [-0.4, -0.2) is 12.1 Å². The Morgan fingerprint density at radius 2 is 1.52 bits per heavy atom. The summed E-state index contributed by atoms with van der Waals surface area (Å²) >= 11 is 0. The van der Waals surface area contributed by atoms with Gasteiger partial charge in [-0.05, 0) is 34.5 Å². The van der Waals surface area contributed by atoms with Gasteiger partial charge in [-0.1, -0.05) is 78.9 Å². The van der Waals surface area contributed by atoms with E-state index in [1.165, 1.54) is 0 Å². The molecule has 1 N–H and O–H groups in total. The van der Waals surface area contributed by atoms with Crippen LogP contribution >= 0.6 is 0 Å². The van der Waals surface area contributed by atoms with Crippen molar-refractivity contribution in [1.29, 1.82) is 0 Å². The van der Waals surface area contributed by atoms with E-state index in [9.17, 15) is 4.79 Å². The molecule has 0 aliphatic rings. The number of carbonyl (C=O) groups excluding carboxylic acids is 1. The molecule has 0 aromatic heterocycles. The number of amides is 1. The zero-order chi connectivity index (χ0) is 19.9. The minimum absolute atomic E-state index is 0.256. The van der Waals surface area contributed by atoms with E-state index in [4.69, 9.17) is 4.74 Å². The zero-order valence-corrected chi connectivity index (χ0v) is 15.8. The molecule has 29 heavy (non-hydrogen) atoms. The molecule has 4 heteroatoms. The second-order valence-electron chi connectivity index (χ2n) is 6.54. The predicted molar refractivity (Wildman–Crippen MR) is 116 cm³/mol. The van der Waals surface area contributed by atoms with Crippen LogP contribution in [0.1, 0.15) is 21.5 Å². The maximum atomic E-state index is 12.2. The Labute approximate surface area is 169 Å². The number of ether oxygens (including phenoxy) is 1. The third kappa shape index (κ3) is 4.50. The third-order valence-corrected chi connectivity index (χ3v) is 4.56. The number of benzene rings is 4. The minimum Gasteiger partial charge on any atom is -0.488 e.